The highest BCUT2D eigenvalue weighted by Crippen LogP contribution is 2.31. The lowest BCUT2D eigenvalue weighted by molar-refractivity contribution is -0.127. The number of nitrogens with one attached hydrogen (secondary N) is 1. The minimum absolute atomic E-state index is 0.0282. The first-order chi connectivity index (χ1) is 8.38. The molecule has 1 aliphatic rings. The number of hydrogen-bond donors (Lipinski definition) is 3. The first kappa shape index (κ1) is 15.4. The van der Waals surface area contributed by atoms with Crippen molar-refractivity contribution >= 4 is 5.91 Å². The fourth-order valence-corrected chi connectivity index (χ4v) is 2.54. The molecular weight excluding hydrogens is 228 g/mol. The third-order valence-electron chi connectivity index (χ3n) is 4.19. The molecule has 1 amide bonds. The summed E-state index contributed by atoms with van der Waals surface area (Å²) < 4.78 is 0. The molecule has 0 aromatic rings. The largest absolute Gasteiger partial charge is 0.388 e. The second-order valence-corrected chi connectivity index (χ2v) is 6.21. The van der Waals surface area contributed by atoms with Gasteiger partial charge < -0.3 is 16.2 Å². The zero-order chi connectivity index (χ0) is 13.8. The lowest BCUT2D eigenvalue weighted by atomic mass is 9.79. The standard InChI is InChI=1S/C14H28N2O2/c1-10(2)12(8-15)13(17)16-9-14(18)6-4-11(3)5-7-14/h10-12,18H,4-9,15H2,1-3H3,(H,16,17). The Morgan fingerprint density at radius 3 is 2.44 bits per heavy atom. The van der Waals surface area contributed by atoms with E-state index in [-0.39, 0.29) is 17.7 Å². The van der Waals surface area contributed by atoms with Gasteiger partial charge in [0.2, 0.25) is 5.91 Å². The van der Waals surface area contributed by atoms with Crippen LogP contribution in [0.3, 0.4) is 0 Å². The predicted molar refractivity (Wildman–Crippen MR) is 73.0 cm³/mol. The van der Waals surface area contributed by atoms with Gasteiger partial charge in [0.15, 0.2) is 0 Å². The van der Waals surface area contributed by atoms with E-state index in [4.69, 9.17) is 5.73 Å². The van der Waals surface area contributed by atoms with E-state index >= 15 is 0 Å². The van der Waals surface area contributed by atoms with E-state index in [1.807, 2.05) is 13.8 Å². The van der Waals surface area contributed by atoms with Gasteiger partial charge >= 0.3 is 0 Å². The van der Waals surface area contributed by atoms with Crippen molar-refractivity contribution in [1.29, 1.82) is 0 Å². The van der Waals surface area contributed by atoms with Crippen molar-refractivity contribution in [3.63, 3.8) is 0 Å². The summed E-state index contributed by atoms with van der Waals surface area (Å²) in [5.74, 6) is 0.736. The average Bonchev–Trinajstić information content (AvgIpc) is 2.31. The van der Waals surface area contributed by atoms with Crippen molar-refractivity contribution in [3.05, 3.63) is 0 Å². The second kappa shape index (κ2) is 6.53. The van der Waals surface area contributed by atoms with Crippen LogP contribution in [-0.2, 0) is 4.79 Å². The molecule has 1 atom stereocenters. The fraction of sp³-hybridized carbons (Fsp3) is 0.929. The van der Waals surface area contributed by atoms with Crippen LogP contribution in [0, 0.1) is 17.8 Å². The third-order valence-corrected chi connectivity index (χ3v) is 4.19. The van der Waals surface area contributed by atoms with Crippen molar-refractivity contribution in [1.82, 2.24) is 5.32 Å². The van der Waals surface area contributed by atoms with Crippen molar-refractivity contribution in [3.8, 4) is 0 Å². The van der Waals surface area contributed by atoms with Crippen molar-refractivity contribution in [2.75, 3.05) is 13.1 Å². The van der Waals surface area contributed by atoms with Crippen LogP contribution in [-0.4, -0.2) is 29.7 Å². The molecule has 4 nitrogen and oxygen atoms in total. The summed E-state index contributed by atoms with van der Waals surface area (Å²) >= 11 is 0. The number of nitrogens with two attached hydrogens (primary N) is 1. The van der Waals surface area contributed by atoms with Crippen molar-refractivity contribution in [2.45, 2.75) is 52.1 Å². The smallest absolute Gasteiger partial charge is 0.224 e. The number of amides is 1. The minimum Gasteiger partial charge on any atom is -0.388 e. The van der Waals surface area contributed by atoms with Gasteiger partial charge in [-0.3, -0.25) is 4.79 Å². The van der Waals surface area contributed by atoms with Crippen LogP contribution in [0.15, 0.2) is 0 Å². The molecule has 4 N–H and O–H groups in total. The zero-order valence-electron chi connectivity index (χ0n) is 11.9. The van der Waals surface area contributed by atoms with E-state index in [1.165, 1.54) is 0 Å². The zero-order valence-corrected chi connectivity index (χ0v) is 11.9. The topological polar surface area (TPSA) is 75.3 Å². The highest BCUT2D eigenvalue weighted by molar-refractivity contribution is 5.79. The number of rotatable bonds is 5. The van der Waals surface area contributed by atoms with Gasteiger partial charge in [0.1, 0.15) is 0 Å². The summed E-state index contributed by atoms with van der Waals surface area (Å²) in [6.07, 6.45) is 3.64. The SMILES string of the molecule is CC1CCC(O)(CNC(=O)C(CN)C(C)C)CC1. The molecule has 1 saturated carbocycles. The molecule has 0 bridgehead atoms. The van der Waals surface area contributed by atoms with Gasteiger partial charge in [-0.15, -0.1) is 0 Å². The number of carbonyl (C=O) groups is 1. The number of carbonyl (C=O) groups excluding carboxylic acids is 1. The van der Waals surface area contributed by atoms with Crippen LogP contribution in [0.4, 0.5) is 0 Å². The quantitative estimate of drug-likeness (QED) is 0.693. The average molecular weight is 256 g/mol. The summed E-state index contributed by atoms with van der Waals surface area (Å²) in [5, 5.41) is 13.3. The van der Waals surface area contributed by atoms with E-state index in [1.54, 1.807) is 0 Å². The Kier molecular flexibility index (Phi) is 5.60. The Morgan fingerprint density at radius 1 is 1.44 bits per heavy atom. The van der Waals surface area contributed by atoms with Crippen molar-refractivity contribution < 1.29 is 9.90 Å². The molecule has 4 heteroatoms. The molecule has 0 saturated heterocycles. The fourth-order valence-electron chi connectivity index (χ4n) is 2.54. The molecule has 0 heterocycles. The van der Waals surface area contributed by atoms with E-state index in [0.717, 1.165) is 25.7 Å². The molecule has 106 valence electrons. The lowest BCUT2D eigenvalue weighted by Crippen LogP contribution is -2.48. The van der Waals surface area contributed by atoms with E-state index in [0.29, 0.717) is 19.0 Å². The third kappa shape index (κ3) is 4.25. The van der Waals surface area contributed by atoms with Gasteiger partial charge in [-0.1, -0.05) is 20.8 Å². The molecule has 1 unspecified atom stereocenters. The Hall–Kier alpha value is -0.610. The normalized spacial score (nSPS) is 30.2. The van der Waals surface area contributed by atoms with Crippen LogP contribution >= 0.6 is 0 Å². The highest BCUT2D eigenvalue weighted by Gasteiger charge is 2.32. The summed E-state index contributed by atoms with van der Waals surface area (Å²) in [6.45, 7) is 6.92. The molecule has 0 radical (unpaired) electrons. The first-order valence-electron chi connectivity index (χ1n) is 7.08. The Bertz CT molecular complexity index is 271. The maximum atomic E-state index is 12.0. The lowest BCUT2D eigenvalue weighted by Gasteiger charge is -2.35. The summed E-state index contributed by atoms with van der Waals surface area (Å²) in [5.41, 5.74) is 4.90. The maximum Gasteiger partial charge on any atom is 0.224 e. The summed E-state index contributed by atoms with van der Waals surface area (Å²) in [7, 11) is 0. The van der Waals surface area contributed by atoms with E-state index < -0.39 is 5.60 Å². The van der Waals surface area contributed by atoms with Gasteiger partial charge in [-0.25, -0.2) is 0 Å². The van der Waals surface area contributed by atoms with E-state index in [2.05, 4.69) is 12.2 Å². The second-order valence-electron chi connectivity index (χ2n) is 6.21. The van der Waals surface area contributed by atoms with E-state index in [9.17, 15) is 9.90 Å². The van der Waals surface area contributed by atoms with Crippen LogP contribution < -0.4 is 11.1 Å². The highest BCUT2D eigenvalue weighted by atomic mass is 16.3. The molecule has 1 rings (SSSR count). The number of aliphatic hydroxyl groups is 1. The monoisotopic (exact) mass is 256 g/mol. The van der Waals surface area contributed by atoms with Gasteiger partial charge in [-0.2, -0.15) is 0 Å². The molecule has 0 aliphatic heterocycles. The molecule has 0 aromatic carbocycles. The maximum absolute atomic E-state index is 12.0. The van der Waals surface area contributed by atoms with Gasteiger partial charge in [0.05, 0.1) is 11.5 Å². The summed E-state index contributed by atoms with van der Waals surface area (Å²) in [4.78, 5) is 12.0. The molecular formula is C14H28N2O2. The van der Waals surface area contributed by atoms with Crippen LogP contribution in [0.25, 0.3) is 0 Å². The van der Waals surface area contributed by atoms with Crippen LogP contribution in [0.5, 0.6) is 0 Å². The molecule has 0 spiro atoms. The molecule has 1 fully saturated rings. The minimum atomic E-state index is -0.710. The van der Waals surface area contributed by atoms with Gasteiger partial charge in [0.25, 0.3) is 0 Å². The molecule has 0 aromatic heterocycles. The summed E-state index contributed by atoms with van der Waals surface area (Å²) in [6, 6.07) is 0. The Labute approximate surface area is 110 Å². The van der Waals surface area contributed by atoms with Gasteiger partial charge in [0, 0.05) is 13.1 Å². The Morgan fingerprint density at radius 2 is 2.00 bits per heavy atom. The first-order valence-corrected chi connectivity index (χ1v) is 7.08. The van der Waals surface area contributed by atoms with Gasteiger partial charge in [-0.05, 0) is 37.5 Å². The molecule has 18 heavy (non-hydrogen) atoms. The van der Waals surface area contributed by atoms with Crippen molar-refractivity contribution in [2.24, 2.45) is 23.5 Å². The predicted octanol–water partition coefficient (Wildman–Crippen LogP) is 1.27. The number of hydrogen-bond acceptors (Lipinski definition) is 3. The molecule has 1 aliphatic carbocycles. The van der Waals surface area contributed by atoms with Crippen LogP contribution in [0.2, 0.25) is 0 Å². The van der Waals surface area contributed by atoms with Crippen LogP contribution in [0.1, 0.15) is 46.5 Å². The Balaban J connectivity index is 2.42.